The normalized spacial score (nSPS) is 11.9. The number of hydrogen-bond acceptors (Lipinski definition) is 4. The van der Waals surface area contributed by atoms with Crippen molar-refractivity contribution in [2.45, 2.75) is 11.4 Å². The molecule has 3 aromatic carbocycles. The fourth-order valence-corrected chi connectivity index (χ4v) is 4.33. The average Bonchev–Trinajstić information content (AvgIpc) is 3.16. The molecule has 4 rings (SSSR count). The summed E-state index contributed by atoms with van der Waals surface area (Å²) in [6, 6.07) is 18.8. The lowest BCUT2D eigenvalue weighted by Gasteiger charge is -2.07. The van der Waals surface area contributed by atoms with Crippen molar-refractivity contribution >= 4 is 50.2 Å². The van der Waals surface area contributed by atoms with Crippen LogP contribution in [0, 0.1) is 17.1 Å². The zero-order valence-electron chi connectivity index (χ0n) is 18.1. The average molecular weight is 509 g/mol. The molecule has 0 unspecified atom stereocenters. The number of sulfonamides is 1. The first-order chi connectivity index (χ1) is 16.7. The summed E-state index contributed by atoms with van der Waals surface area (Å²) in [6.45, 7) is 0.359. The minimum Gasteiger partial charge on any atom is -0.342 e. The number of para-hydroxylation sites is 1. The highest BCUT2D eigenvalue weighted by atomic mass is 35.5. The van der Waals surface area contributed by atoms with E-state index >= 15 is 0 Å². The summed E-state index contributed by atoms with van der Waals surface area (Å²) in [5.74, 6) is -1.09. The number of hydrogen-bond donors (Lipinski definition) is 2. The second-order valence-corrected chi connectivity index (χ2v) is 9.63. The molecule has 4 aromatic rings. The van der Waals surface area contributed by atoms with Crippen LogP contribution >= 0.6 is 11.6 Å². The standard InChI is InChI=1S/C25H18ClFN4O3S/c26-23-12-19(27)6-5-16(23)14-31-15-18(22-3-1-2-4-24(22)31)11-17(13-28)25(32)30-20-7-9-21(10-8-20)35(29,33)34/h1-12,15H,14H2,(H,30,32)(H2,29,33,34)/b17-11-. The number of carbonyl (C=O) groups excluding carboxylic acids is 1. The number of nitrogens with one attached hydrogen (secondary N) is 1. The van der Waals surface area contributed by atoms with E-state index in [0.717, 1.165) is 10.9 Å². The summed E-state index contributed by atoms with van der Waals surface area (Å²) in [6.07, 6.45) is 3.26. The van der Waals surface area contributed by atoms with Crippen LogP contribution in [0.1, 0.15) is 11.1 Å². The number of rotatable bonds is 6. The van der Waals surface area contributed by atoms with Gasteiger partial charge >= 0.3 is 0 Å². The van der Waals surface area contributed by atoms with Crippen LogP contribution in [0.2, 0.25) is 5.02 Å². The molecular formula is C25H18ClFN4O3S. The van der Waals surface area contributed by atoms with Gasteiger partial charge in [-0.2, -0.15) is 5.26 Å². The Morgan fingerprint density at radius 3 is 2.51 bits per heavy atom. The van der Waals surface area contributed by atoms with E-state index in [1.54, 1.807) is 12.3 Å². The van der Waals surface area contributed by atoms with E-state index in [1.165, 1.54) is 42.5 Å². The largest absolute Gasteiger partial charge is 0.342 e. The van der Waals surface area contributed by atoms with Gasteiger partial charge in [0, 0.05) is 39.9 Å². The third kappa shape index (κ3) is 5.41. The maximum Gasteiger partial charge on any atom is 0.266 e. The van der Waals surface area contributed by atoms with E-state index in [2.05, 4.69) is 5.32 Å². The molecule has 1 amide bonds. The summed E-state index contributed by atoms with van der Waals surface area (Å²) in [5, 5.41) is 18.4. The molecule has 0 aliphatic heterocycles. The molecule has 0 saturated carbocycles. The van der Waals surface area contributed by atoms with Crippen LogP contribution in [0.25, 0.3) is 17.0 Å². The Hall–Kier alpha value is -3.97. The molecule has 0 bridgehead atoms. The lowest BCUT2D eigenvalue weighted by molar-refractivity contribution is -0.112. The van der Waals surface area contributed by atoms with Crippen LogP contribution in [0.5, 0.6) is 0 Å². The maximum absolute atomic E-state index is 13.4. The van der Waals surface area contributed by atoms with Gasteiger partial charge < -0.3 is 9.88 Å². The quantitative estimate of drug-likeness (QED) is 0.290. The summed E-state index contributed by atoms with van der Waals surface area (Å²) in [7, 11) is -3.86. The number of primary sulfonamides is 1. The van der Waals surface area contributed by atoms with E-state index in [0.29, 0.717) is 28.4 Å². The minimum atomic E-state index is -3.86. The van der Waals surface area contributed by atoms with Crippen molar-refractivity contribution in [1.82, 2.24) is 4.57 Å². The van der Waals surface area contributed by atoms with Gasteiger partial charge in [-0.25, -0.2) is 17.9 Å². The monoisotopic (exact) mass is 508 g/mol. The molecule has 0 spiro atoms. The number of carbonyl (C=O) groups is 1. The van der Waals surface area contributed by atoms with Gasteiger partial charge in [0.05, 0.1) is 4.90 Å². The number of benzene rings is 3. The second kappa shape index (κ2) is 9.72. The van der Waals surface area contributed by atoms with E-state index in [-0.39, 0.29) is 10.5 Å². The van der Waals surface area contributed by atoms with Gasteiger partial charge in [-0.3, -0.25) is 4.79 Å². The lowest BCUT2D eigenvalue weighted by atomic mass is 10.1. The number of halogens is 2. The fourth-order valence-electron chi connectivity index (χ4n) is 3.58. The predicted octanol–water partition coefficient (Wildman–Crippen LogP) is 4.68. The van der Waals surface area contributed by atoms with Gasteiger partial charge in [-0.05, 0) is 54.1 Å². The Bertz CT molecular complexity index is 1620. The summed E-state index contributed by atoms with van der Waals surface area (Å²) < 4.78 is 38.1. The fraction of sp³-hybridized carbons (Fsp3) is 0.0400. The second-order valence-electron chi connectivity index (χ2n) is 7.66. The minimum absolute atomic E-state index is 0.0967. The molecule has 3 N–H and O–H groups in total. The number of nitrogens with two attached hydrogens (primary N) is 1. The first-order valence-electron chi connectivity index (χ1n) is 10.2. The highest BCUT2D eigenvalue weighted by molar-refractivity contribution is 7.89. The van der Waals surface area contributed by atoms with Crippen LogP contribution in [0.4, 0.5) is 10.1 Å². The van der Waals surface area contributed by atoms with Crippen LogP contribution in [-0.2, 0) is 21.4 Å². The first-order valence-corrected chi connectivity index (χ1v) is 12.2. The van der Waals surface area contributed by atoms with E-state index in [1.807, 2.05) is 34.9 Å². The van der Waals surface area contributed by atoms with E-state index < -0.39 is 21.7 Å². The van der Waals surface area contributed by atoms with Gasteiger partial charge in [-0.15, -0.1) is 0 Å². The highest BCUT2D eigenvalue weighted by Crippen LogP contribution is 2.27. The topological polar surface area (TPSA) is 118 Å². The van der Waals surface area contributed by atoms with Crippen LogP contribution in [0.3, 0.4) is 0 Å². The predicted molar refractivity (Wildman–Crippen MR) is 132 cm³/mol. The Morgan fingerprint density at radius 2 is 1.86 bits per heavy atom. The van der Waals surface area contributed by atoms with Gasteiger partial charge in [0.15, 0.2) is 0 Å². The van der Waals surface area contributed by atoms with Crippen molar-refractivity contribution in [3.63, 3.8) is 0 Å². The van der Waals surface area contributed by atoms with Crippen molar-refractivity contribution in [3.05, 3.63) is 100 Å². The Labute approximate surface area is 205 Å². The van der Waals surface area contributed by atoms with Gasteiger partial charge in [0.2, 0.25) is 10.0 Å². The molecular weight excluding hydrogens is 491 g/mol. The van der Waals surface area contributed by atoms with Crippen LogP contribution in [0.15, 0.2) is 83.4 Å². The number of nitrogens with zero attached hydrogens (tertiary/aromatic N) is 2. The number of aromatic nitrogens is 1. The highest BCUT2D eigenvalue weighted by Gasteiger charge is 2.14. The molecule has 0 saturated heterocycles. The van der Waals surface area contributed by atoms with Gasteiger partial charge in [0.25, 0.3) is 5.91 Å². The Morgan fingerprint density at radius 1 is 1.14 bits per heavy atom. The zero-order valence-corrected chi connectivity index (χ0v) is 19.6. The van der Waals surface area contributed by atoms with Crippen molar-refractivity contribution in [3.8, 4) is 6.07 Å². The summed E-state index contributed by atoms with van der Waals surface area (Å²) in [4.78, 5) is 12.6. The molecule has 0 atom stereocenters. The maximum atomic E-state index is 13.4. The molecule has 0 fully saturated rings. The summed E-state index contributed by atoms with van der Waals surface area (Å²) in [5.41, 5.74) is 2.34. The zero-order chi connectivity index (χ0) is 25.2. The molecule has 1 aromatic heterocycles. The third-order valence-electron chi connectivity index (χ3n) is 5.28. The molecule has 1 heterocycles. The van der Waals surface area contributed by atoms with Crippen LogP contribution in [-0.4, -0.2) is 18.9 Å². The molecule has 35 heavy (non-hydrogen) atoms. The number of amides is 1. The van der Waals surface area contributed by atoms with Gasteiger partial charge in [-0.1, -0.05) is 35.9 Å². The lowest BCUT2D eigenvalue weighted by Crippen LogP contribution is -2.14. The van der Waals surface area contributed by atoms with Crippen molar-refractivity contribution in [2.24, 2.45) is 5.14 Å². The van der Waals surface area contributed by atoms with E-state index in [9.17, 15) is 22.9 Å². The number of anilines is 1. The van der Waals surface area contributed by atoms with E-state index in [4.69, 9.17) is 16.7 Å². The van der Waals surface area contributed by atoms with Crippen LogP contribution < -0.4 is 10.5 Å². The first kappa shape index (κ1) is 24.2. The van der Waals surface area contributed by atoms with Gasteiger partial charge in [0.1, 0.15) is 17.5 Å². The molecule has 176 valence electrons. The smallest absolute Gasteiger partial charge is 0.266 e. The van der Waals surface area contributed by atoms with Crippen molar-refractivity contribution in [1.29, 1.82) is 5.26 Å². The Kier molecular flexibility index (Phi) is 6.71. The SMILES string of the molecule is N#C/C(=C/c1cn(Cc2ccc(F)cc2Cl)c2ccccc12)C(=O)Nc1ccc(S(N)(=O)=O)cc1. The molecule has 0 aliphatic carbocycles. The summed E-state index contributed by atoms with van der Waals surface area (Å²) >= 11 is 6.20. The Balaban J connectivity index is 1.65. The van der Waals surface area contributed by atoms with Crippen molar-refractivity contribution < 1.29 is 17.6 Å². The molecule has 0 radical (unpaired) electrons. The molecule has 10 heteroatoms. The third-order valence-corrected chi connectivity index (χ3v) is 6.56. The number of nitriles is 1. The number of fused-ring (bicyclic) bond motifs is 1. The van der Waals surface area contributed by atoms with Crippen molar-refractivity contribution in [2.75, 3.05) is 5.32 Å². The molecule has 0 aliphatic rings. The molecule has 7 nitrogen and oxygen atoms in total.